The predicted octanol–water partition coefficient (Wildman–Crippen LogP) is 1.06. The highest BCUT2D eigenvalue weighted by molar-refractivity contribution is 7.16. The molecule has 0 fully saturated rings. The van der Waals surface area contributed by atoms with Crippen molar-refractivity contribution in [1.82, 2.24) is 29.7 Å². The molecule has 0 saturated heterocycles. The first kappa shape index (κ1) is 13.7. The van der Waals surface area contributed by atoms with Crippen LogP contribution in [0.2, 0.25) is 4.34 Å². The summed E-state index contributed by atoms with van der Waals surface area (Å²) in [4.78, 5) is 17.4. The average Bonchev–Trinajstić information content (AvgIpc) is 3.16. The van der Waals surface area contributed by atoms with Gasteiger partial charge in [-0.3, -0.25) is 5.43 Å². The summed E-state index contributed by atoms with van der Waals surface area (Å²) in [6, 6.07) is 3.77. The maximum atomic E-state index is 5.89. The molecule has 0 unspecified atom stereocenters. The number of rotatable bonds is 5. The molecule has 0 spiro atoms. The second-order valence-corrected chi connectivity index (χ2v) is 5.63. The van der Waals surface area contributed by atoms with E-state index in [1.807, 2.05) is 12.1 Å². The lowest BCUT2D eigenvalue weighted by Gasteiger charge is -2.07. The molecule has 0 saturated carbocycles. The van der Waals surface area contributed by atoms with Gasteiger partial charge in [-0.1, -0.05) is 11.6 Å². The second kappa shape index (κ2) is 5.99. The zero-order chi connectivity index (χ0) is 14.7. The van der Waals surface area contributed by atoms with Crippen molar-refractivity contribution in [3.8, 4) is 5.95 Å². The molecule has 0 aromatic carbocycles. The van der Waals surface area contributed by atoms with Crippen LogP contribution in [0.3, 0.4) is 0 Å². The minimum absolute atomic E-state index is 0.224. The van der Waals surface area contributed by atoms with Crippen LogP contribution in [-0.4, -0.2) is 29.7 Å². The zero-order valence-corrected chi connectivity index (χ0v) is 12.1. The van der Waals surface area contributed by atoms with Crippen LogP contribution in [0, 0.1) is 0 Å². The van der Waals surface area contributed by atoms with Gasteiger partial charge < -0.3 is 5.32 Å². The molecule has 108 valence electrons. The monoisotopic (exact) mass is 323 g/mol. The van der Waals surface area contributed by atoms with Crippen molar-refractivity contribution in [2.75, 3.05) is 10.7 Å². The van der Waals surface area contributed by atoms with Gasteiger partial charge in [-0.25, -0.2) is 10.8 Å². The molecule has 21 heavy (non-hydrogen) atoms. The van der Waals surface area contributed by atoms with Crippen LogP contribution in [0.1, 0.15) is 4.88 Å². The van der Waals surface area contributed by atoms with E-state index < -0.39 is 0 Å². The molecular formula is C10H10ClN9S. The predicted molar refractivity (Wildman–Crippen MR) is 79.2 cm³/mol. The van der Waals surface area contributed by atoms with Crippen LogP contribution in [0.15, 0.2) is 24.8 Å². The molecule has 0 aliphatic carbocycles. The number of halogens is 1. The summed E-state index contributed by atoms with van der Waals surface area (Å²) in [6.45, 7) is 0.544. The van der Waals surface area contributed by atoms with E-state index in [1.54, 1.807) is 0 Å². The van der Waals surface area contributed by atoms with Gasteiger partial charge in [-0.15, -0.1) is 11.3 Å². The van der Waals surface area contributed by atoms with Gasteiger partial charge in [0.15, 0.2) is 0 Å². The van der Waals surface area contributed by atoms with Gasteiger partial charge >= 0.3 is 0 Å². The molecule has 11 heteroatoms. The van der Waals surface area contributed by atoms with E-state index in [-0.39, 0.29) is 5.95 Å². The first-order valence-corrected chi connectivity index (χ1v) is 7.00. The Hall–Kier alpha value is -2.30. The Kier molecular flexibility index (Phi) is 3.90. The Morgan fingerprint density at radius 2 is 2.10 bits per heavy atom. The van der Waals surface area contributed by atoms with E-state index in [4.69, 9.17) is 17.4 Å². The molecule has 3 aromatic rings. The third-order valence-corrected chi connectivity index (χ3v) is 3.66. The fraction of sp³-hybridized carbons (Fsp3) is 0.100. The molecule has 0 aliphatic rings. The molecule has 0 aliphatic heterocycles. The lowest BCUT2D eigenvalue weighted by molar-refractivity contribution is 0.794. The topological polar surface area (TPSA) is 119 Å². The highest BCUT2D eigenvalue weighted by Crippen LogP contribution is 2.22. The Morgan fingerprint density at radius 1 is 1.24 bits per heavy atom. The van der Waals surface area contributed by atoms with Crippen LogP contribution >= 0.6 is 22.9 Å². The van der Waals surface area contributed by atoms with Crippen molar-refractivity contribution >= 4 is 34.8 Å². The lowest BCUT2D eigenvalue weighted by atomic mass is 10.5. The van der Waals surface area contributed by atoms with Crippen LogP contribution in [0.25, 0.3) is 5.95 Å². The molecule has 4 N–H and O–H groups in total. The zero-order valence-electron chi connectivity index (χ0n) is 10.6. The fourth-order valence-electron chi connectivity index (χ4n) is 1.54. The maximum absolute atomic E-state index is 5.89. The van der Waals surface area contributed by atoms with Crippen molar-refractivity contribution in [2.45, 2.75) is 6.54 Å². The number of thiophene rings is 1. The van der Waals surface area contributed by atoms with E-state index in [0.717, 1.165) is 9.21 Å². The van der Waals surface area contributed by atoms with Gasteiger partial charge in [0.2, 0.25) is 11.9 Å². The standard InChI is InChI=1S/C10H10ClN9S/c11-7-2-1-6(21-7)3-14-8-16-9(19-12)18-10(17-8)20-5-13-4-15-20/h1-2,4-5H,3,12H2,(H2,14,16,17,18,19). The Morgan fingerprint density at radius 3 is 2.76 bits per heavy atom. The number of nitrogens with two attached hydrogens (primary N) is 1. The van der Waals surface area contributed by atoms with Crippen LogP contribution in [0.5, 0.6) is 0 Å². The van der Waals surface area contributed by atoms with E-state index in [0.29, 0.717) is 18.4 Å². The summed E-state index contributed by atoms with van der Waals surface area (Å²) in [7, 11) is 0. The lowest BCUT2D eigenvalue weighted by Crippen LogP contribution is -2.16. The van der Waals surface area contributed by atoms with Crippen molar-refractivity contribution in [2.24, 2.45) is 5.84 Å². The van der Waals surface area contributed by atoms with Crippen molar-refractivity contribution in [3.63, 3.8) is 0 Å². The molecule has 0 bridgehead atoms. The molecule has 9 nitrogen and oxygen atoms in total. The van der Waals surface area contributed by atoms with Crippen LogP contribution < -0.4 is 16.6 Å². The van der Waals surface area contributed by atoms with Gasteiger partial charge in [0, 0.05) is 4.88 Å². The van der Waals surface area contributed by atoms with Gasteiger partial charge in [-0.05, 0) is 12.1 Å². The summed E-state index contributed by atoms with van der Waals surface area (Å²) < 4.78 is 2.14. The molecule has 0 radical (unpaired) electrons. The van der Waals surface area contributed by atoms with Gasteiger partial charge in [0.1, 0.15) is 12.7 Å². The molecular weight excluding hydrogens is 314 g/mol. The minimum Gasteiger partial charge on any atom is -0.349 e. The first-order valence-electron chi connectivity index (χ1n) is 5.80. The SMILES string of the molecule is NNc1nc(NCc2ccc(Cl)s2)nc(-n2cncn2)n1. The number of nitrogens with zero attached hydrogens (tertiary/aromatic N) is 6. The summed E-state index contributed by atoms with van der Waals surface area (Å²) >= 11 is 7.37. The third-order valence-electron chi connectivity index (χ3n) is 2.43. The van der Waals surface area contributed by atoms with Crippen molar-refractivity contribution in [1.29, 1.82) is 0 Å². The summed E-state index contributed by atoms with van der Waals surface area (Å²) in [5.74, 6) is 6.26. The number of hydrogen-bond acceptors (Lipinski definition) is 9. The van der Waals surface area contributed by atoms with Crippen LogP contribution in [-0.2, 0) is 6.54 Å². The fourth-order valence-corrected chi connectivity index (χ4v) is 2.56. The molecule has 3 aromatic heterocycles. The summed E-state index contributed by atoms with van der Waals surface area (Å²) in [6.07, 6.45) is 2.87. The molecule has 0 amide bonds. The number of nitrogens with one attached hydrogen (secondary N) is 2. The molecule has 3 heterocycles. The number of hydrazine groups is 1. The Balaban J connectivity index is 1.82. The second-order valence-electron chi connectivity index (χ2n) is 3.83. The van der Waals surface area contributed by atoms with Crippen LogP contribution in [0.4, 0.5) is 11.9 Å². The van der Waals surface area contributed by atoms with E-state index in [9.17, 15) is 0 Å². The van der Waals surface area contributed by atoms with Crippen molar-refractivity contribution < 1.29 is 0 Å². The normalized spacial score (nSPS) is 10.6. The average molecular weight is 324 g/mol. The van der Waals surface area contributed by atoms with Gasteiger partial charge in [-0.2, -0.15) is 24.7 Å². The highest BCUT2D eigenvalue weighted by atomic mass is 35.5. The largest absolute Gasteiger partial charge is 0.349 e. The van der Waals surface area contributed by atoms with E-state index in [1.165, 1.54) is 28.7 Å². The van der Waals surface area contributed by atoms with Crippen molar-refractivity contribution in [3.05, 3.63) is 34.0 Å². The Labute approximate surface area is 128 Å². The number of anilines is 2. The molecule has 0 atom stereocenters. The van der Waals surface area contributed by atoms with E-state index in [2.05, 4.69) is 35.8 Å². The quantitative estimate of drug-likeness (QED) is 0.471. The molecule has 3 rings (SSSR count). The number of nitrogen functional groups attached to an aromatic ring is 1. The maximum Gasteiger partial charge on any atom is 0.258 e. The number of aromatic nitrogens is 6. The summed E-state index contributed by atoms with van der Waals surface area (Å²) in [5, 5.41) is 7.05. The minimum atomic E-state index is 0.224. The van der Waals surface area contributed by atoms with Gasteiger partial charge in [0.25, 0.3) is 5.95 Å². The Bertz CT molecular complexity index is 726. The highest BCUT2D eigenvalue weighted by Gasteiger charge is 2.08. The number of hydrogen-bond donors (Lipinski definition) is 3. The first-order chi connectivity index (χ1) is 10.2. The summed E-state index contributed by atoms with van der Waals surface area (Å²) in [5.41, 5.74) is 2.39. The van der Waals surface area contributed by atoms with E-state index >= 15 is 0 Å². The third kappa shape index (κ3) is 3.24. The van der Waals surface area contributed by atoms with Gasteiger partial charge in [0.05, 0.1) is 10.9 Å². The smallest absolute Gasteiger partial charge is 0.258 e.